The molecule has 102 valence electrons. The van der Waals surface area contributed by atoms with Crippen molar-refractivity contribution in [3.8, 4) is 0 Å². The van der Waals surface area contributed by atoms with E-state index in [9.17, 15) is 0 Å². The molecule has 1 aromatic rings. The lowest BCUT2D eigenvalue weighted by molar-refractivity contribution is 0.0130. The van der Waals surface area contributed by atoms with Crippen molar-refractivity contribution in [2.75, 3.05) is 6.61 Å². The normalized spacial score (nSPS) is 21.2. The van der Waals surface area contributed by atoms with Crippen LogP contribution in [-0.2, 0) is 17.7 Å². The van der Waals surface area contributed by atoms with Crippen LogP contribution >= 0.6 is 0 Å². The molecule has 0 bridgehead atoms. The molecule has 1 atom stereocenters. The average molecular weight is 253 g/mol. The van der Waals surface area contributed by atoms with Gasteiger partial charge >= 0.3 is 0 Å². The van der Waals surface area contributed by atoms with E-state index in [1.807, 2.05) is 0 Å². The first-order chi connectivity index (χ1) is 8.53. The molecule has 0 aliphatic carbocycles. The Morgan fingerprint density at radius 2 is 2.00 bits per heavy atom. The molecule has 0 aromatic carbocycles. The number of hydrogen-bond acceptors (Lipinski definition) is 5. The van der Waals surface area contributed by atoms with Gasteiger partial charge in [-0.25, -0.2) is 0 Å². The number of nitrogens with zero attached hydrogens (tertiary/aromatic N) is 2. The second-order valence-corrected chi connectivity index (χ2v) is 5.89. The van der Waals surface area contributed by atoms with Crippen LogP contribution in [0.25, 0.3) is 0 Å². The lowest BCUT2D eigenvalue weighted by Gasteiger charge is -2.20. The van der Waals surface area contributed by atoms with E-state index in [0.717, 1.165) is 19.4 Å². The lowest BCUT2D eigenvalue weighted by atomic mass is 10.1. The Bertz CT molecular complexity index is 365. The van der Waals surface area contributed by atoms with E-state index < -0.39 is 0 Å². The maximum atomic E-state index is 5.66. The minimum Gasteiger partial charge on any atom is -0.424 e. The Morgan fingerprint density at radius 1 is 1.22 bits per heavy atom. The Morgan fingerprint density at radius 3 is 2.67 bits per heavy atom. The molecular weight excluding hydrogens is 230 g/mol. The summed E-state index contributed by atoms with van der Waals surface area (Å²) in [5.74, 6) is 1.34. The molecule has 0 amide bonds. The molecule has 1 aliphatic heterocycles. The summed E-state index contributed by atoms with van der Waals surface area (Å²) in [7, 11) is 0. The topological polar surface area (TPSA) is 60.2 Å². The summed E-state index contributed by atoms with van der Waals surface area (Å²) >= 11 is 0. The molecule has 5 nitrogen and oxygen atoms in total. The van der Waals surface area contributed by atoms with E-state index in [-0.39, 0.29) is 11.6 Å². The molecular formula is C13H23N3O2. The van der Waals surface area contributed by atoms with Crippen molar-refractivity contribution in [2.45, 2.75) is 64.6 Å². The summed E-state index contributed by atoms with van der Waals surface area (Å²) in [6.07, 6.45) is 4.49. The number of aromatic nitrogens is 2. The molecule has 2 rings (SSSR count). The van der Waals surface area contributed by atoms with Crippen molar-refractivity contribution in [3.05, 3.63) is 11.8 Å². The van der Waals surface area contributed by atoms with E-state index in [1.165, 1.54) is 12.8 Å². The van der Waals surface area contributed by atoms with Crippen LogP contribution in [0.1, 0.15) is 51.8 Å². The summed E-state index contributed by atoms with van der Waals surface area (Å²) in [4.78, 5) is 0. The molecule has 1 fully saturated rings. The second-order valence-electron chi connectivity index (χ2n) is 5.89. The predicted octanol–water partition coefficient (Wildman–Crippen LogP) is 2.07. The highest BCUT2D eigenvalue weighted by atomic mass is 16.5. The quantitative estimate of drug-likeness (QED) is 0.890. The summed E-state index contributed by atoms with van der Waals surface area (Å²) in [6, 6.07) is 0. The highest BCUT2D eigenvalue weighted by molar-refractivity contribution is 4.86. The molecule has 1 N–H and O–H groups in total. The smallest absolute Gasteiger partial charge is 0.230 e. The maximum Gasteiger partial charge on any atom is 0.230 e. The van der Waals surface area contributed by atoms with Gasteiger partial charge < -0.3 is 14.5 Å². The predicted molar refractivity (Wildman–Crippen MR) is 68.2 cm³/mol. The van der Waals surface area contributed by atoms with E-state index in [2.05, 4.69) is 36.3 Å². The number of hydrogen-bond donors (Lipinski definition) is 1. The zero-order valence-electron chi connectivity index (χ0n) is 11.5. The van der Waals surface area contributed by atoms with Crippen LogP contribution in [0.2, 0.25) is 0 Å². The SMILES string of the molecule is CC(C)(C)NCc1nnc(CC2CCCCO2)o1. The van der Waals surface area contributed by atoms with E-state index >= 15 is 0 Å². The van der Waals surface area contributed by atoms with E-state index in [1.54, 1.807) is 0 Å². The lowest BCUT2D eigenvalue weighted by Crippen LogP contribution is -2.35. The summed E-state index contributed by atoms with van der Waals surface area (Å²) in [6.45, 7) is 7.81. The minimum atomic E-state index is 0.0567. The summed E-state index contributed by atoms with van der Waals surface area (Å²) < 4.78 is 11.3. The summed E-state index contributed by atoms with van der Waals surface area (Å²) in [5.41, 5.74) is 0.0567. The van der Waals surface area contributed by atoms with Gasteiger partial charge in [-0.3, -0.25) is 0 Å². The molecule has 0 radical (unpaired) electrons. The zero-order chi connectivity index (χ0) is 13.0. The molecule has 5 heteroatoms. The van der Waals surface area contributed by atoms with Crippen LogP contribution in [0.5, 0.6) is 0 Å². The van der Waals surface area contributed by atoms with Gasteiger partial charge in [0.05, 0.1) is 19.1 Å². The third-order valence-corrected chi connectivity index (χ3v) is 2.95. The molecule has 0 spiro atoms. The van der Waals surface area contributed by atoms with Crippen molar-refractivity contribution >= 4 is 0 Å². The Hall–Kier alpha value is -0.940. The van der Waals surface area contributed by atoms with Gasteiger partial charge in [0.2, 0.25) is 11.8 Å². The number of nitrogens with one attached hydrogen (secondary N) is 1. The average Bonchev–Trinajstić information content (AvgIpc) is 2.75. The van der Waals surface area contributed by atoms with Crippen molar-refractivity contribution in [1.29, 1.82) is 0 Å². The van der Waals surface area contributed by atoms with E-state index in [4.69, 9.17) is 9.15 Å². The van der Waals surface area contributed by atoms with Crippen LogP contribution in [-0.4, -0.2) is 28.4 Å². The van der Waals surface area contributed by atoms with Crippen LogP contribution in [0.4, 0.5) is 0 Å². The third-order valence-electron chi connectivity index (χ3n) is 2.95. The van der Waals surface area contributed by atoms with Crippen molar-refractivity contribution in [1.82, 2.24) is 15.5 Å². The Balaban J connectivity index is 1.82. The highest BCUT2D eigenvalue weighted by Crippen LogP contribution is 2.16. The second kappa shape index (κ2) is 5.80. The molecule has 1 aromatic heterocycles. The van der Waals surface area contributed by atoms with Crippen molar-refractivity contribution in [3.63, 3.8) is 0 Å². The summed E-state index contributed by atoms with van der Waals surface area (Å²) in [5, 5.41) is 11.5. The van der Waals surface area contributed by atoms with E-state index in [0.29, 0.717) is 18.3 Å². The van der Waals surface area contributed by atoms with Gasteiger partial charge in [0.15, 0.2) is 0 Å². The number of rotatable bonds is 4. The Labute approximate surface area is 108 Å². The molecule has 0 saturated carbocycles. The molecule has 18 heavy (non-hydrogen) atoms. The fourth-order valence-electron chi connectivity index (χ4n) is 1.95. The number of ether oxygens (including phenoxy) is 1. The van der Waals surface area contributed by atoms with Gasteiger partial charge in [-0.2, -0.15) is 0 Å². The highest BCUT2D eigenvalue weighted by Gasteiger charge is 2.18. The zero-order valence-corrected chi connectivity index (χ0v) is 11.5. The van der Waals surface area contributed by atoms with Gasteiger partial charge in [-0.1, -0.05) is 0 Å². The van der Waals surface area contributed by atoms with Gasteiger partial charge in [0.1, 0.15) is 0 Å². The van der Waals surface area contributed by atoms with Gasteiger partial charge in [0.25, 0.3) is 0 Å². The van der Waals surface area contributed by atoms with Crippen molar-refractivity contribution in [2.24, 2.45) is 0 Å². The fraction of sp³-hybridized carbons (Fsp3) is 0.846. The third kappa shape index (κ3) is 4.38. The first-order valence-corrected chi connectivity index (χ1v) is 6.71. The van der Waals surface area contributed by atoms with Crippen LogP contribution in [0.15, 0.2) is 4.42 Å². The minimum absolute atomic E-state index is 0.0567. The van der Waals surface area contributed by atoms with Gasteiger partial charge in [0, 0.05) is 12.1 Å². The van der Waals surface area contributed by atoms with Crippen molar-refractivity contribution < 1.29 is 9.15 Å². The fourth-order valence-corrected chi connectivity index (χ4v) is 1.95. The van der Waals surface area contributed by atoms with Gasteiger partial charge in [-0.05, 0) is 40.0 Å². The largest absolute Gasteiger partial charge is 0.424 e. The Kier molecular flexibility index (Phi) is 4.35. The van der Waals surface area contributed by atoms with Crippen LogP contribution < -0.4 is 5.32 Å². The first-order valence-electron chi connectivity index (χ1n) is 6.71. The maximum absolute atomic E-state index is 5.66. The van der Waals surface area contributed by atoms with Crippen LogP contribution in [0.3, 0.4) is 0 Å². The van der Waals surface area contributed by atoms with Gasteiger partial charge in [-0.15, -0.1) is 10.2 Å². The first kappa shape index (κ1) is 13.5. The van der Waals surface area contributed by atoms with Crippen LogP contribution in [0, 0.1) is 0 Å². The standard InChI is InChI=1S/C13H23N3O2/c1-13(2,3)14-9-12-16-15-11(18-12)8-10-6-4-5-7-17-10/h10,14H,4-9H2,1-3H3. The molecule has 1 aliphatic rings. The monoisotopic (exact) mass is 253 g/mol. The molecule has 2 heterocycles. The molecule has 1 unspecified atom stereocenters. The molecule has 1 saturated heterocycles.